The number of nitriles is 1. The highest BCUT2D eigenvalue weighted by Crippen LogP contribution is 2.34. The first kappa shape index (κ1) is 12.7. The summed E-state index contributed by atoms with van der Waals surface area (Å²) in [7, 11) is 2.07. The highest BCUT2D eigenvalue weighted by Gasteiger charge is 2.27. The van der Waals surface area contributed by atoms with Gasteiger partial charge >= 0.3 is 0 Å². The number of likely N-dealkylation sites (tertiary alicyclic amines) is 1. The minimum absolute atomic E-state index is 0.216. The molecule has 0 atom stereocenters. The average molecular weight is 269 g/mol. The van der Waals surface area contributed by atoms with E-state index in [1.54, 1.807) is 18.2 Å². The first-order valence-electron chi connectivity index (χ1n) is 6.61. The van der Waals surface area contributed by atoms with Crippen LogP contribution in [0.5, 0.6) is 5.75 Å². The maximum atomic E-state index is 12.1. The molecule has 1 aromatic carbocycles. The third-order valence-electron chi connectivity index (χ3n) is 3.69. The Morgan fingerprint density at radius 1 is 1.35 bits per heavy atom. The zero-order valence-corrected chi connectivity index (χ0v) is 11.3. The van der Waals surface area contributed by atoms with Crippen LogP contribution in [0.2, 0.25) is 0 Å². The minimum Gasteiger partial charge on any atom is -0.449 e. The van der Waals surface area contributed by atoms with Crippen molar-refractivity contribution in [2.45, 2.75) is 12.8 Å². The number of nitrogens with zero attached hydrogens (tertiary/aromatic N) is 2. The number of piperidine rings is 1. The molecule has 0 aliphatic carbocycles. The van der Waals surface area contributed by atoms with Crippen molar-refractivity contribution in [1.29, 1.82) is 5.26 Å². The van der Waals surface area contributed by atoms with E-state index in [2.05, 4.69) is 17.3 Å². The van der Waals surface area contributed by atoms with E-state index >= 15 is 0 Å². The fraction of sp³-hybridized carbons (Fsp3) is 0.333. The molecule has 2 aliphatic heterocycles. The van der Waals surface area contributed by atoms with Gasteiger partial charge < -0.3 is 15.0 Å². The first-order chi connectivity index (χ1) is 9.67. The molecule has 1 fully saturated rings. The predicted octanol–water partition coefficient (Wildman–Crippen LogP) is 1.87. The van der Waals surface area contributed by atoms with E-state index < -0.39 is 0 Å². The van der Waals surface area contributed by atoms with Gasteiger partial charge in [-0.3, -0.25) is 4.79 Å². The lowest BCUT2D eigenvalue weighted by atomic mass is 10.0. The van der Waals surface area contributed by atoms with Crippen LogP contribution in [-0.2, 0) is 4.79 Å². The normalized spacial score (nSPS) is 18.9. The van der Waals surface area contributed by atoms with Gasteiger partial charge in [0.05, 0.1) is 17.3 Å². The zero-order valence-electron chi connectivity index (χ0n) is 11.3. The monoisotopic (exact) mass is 269 g/mol. The lowest BCUT2D eigenvalue weighted by Gasteiger charge is -2.28. The molecule has 1 aromatic rings. The molecule has 0 aromatic heterocycles. The molecule has 0 bridgehead atoms. The lowest BCUT2D eigenvalue weighted by molar-refractivity contribution is -0.115. The van der Waals surface area contributed by atoms with Gasteiger partial charge in [-0.2, -0.15) is 5.26 Å². The van der Waals surface area contributed by atoms with Crippen LogP contribution >= 0.6 is 0 Å². The van der Waals surface area contributed by atoms with E-state index in [1.807, 2.05) is 6.07 Å². The van der Waals surface area contributed by atoms with Gasteiger partial charge in [0.15, 0.2) is 11.5 Å². The van der Waals surface area contributed by atoms with Gasteiger partial charge in [-0.1, -0.05) is 0 Å². The standard InChI is InChI=1S/C15H15N3O2/c1-18-6-4-11(5-7-18)14-15(19)17-12-8-10(9-16)2-3-13(12)20-14/h2-3,8H,4-7H2,1H3,(H,17,19). The quantitative estimate of drug-likeness (QED) is 0.730. The molecule has 0 saturated carbocycles. The Labute approximate surface area is 117 Å². The number of anilines is 1. The summed E-state index contributed by atoms with van der Waals surface area (Å²) in [6, 6.07) is 7.09. The molecular formula is C15H15N3O2. The van der Waals surface area contributed by atoms with Crippen LogP contribution in [-0.4, -0.2) is 30.9 Å². The average Bonchev–Trinajstić information content (AvgIpc) is 2.47. The summed E-state index contributed by atoms with van der Waals surface area (Å²) in [6.07, 6.45) is 1.70. The number of fused-ring (bicyclic) bond motifs is 1. The van der Waals surface area contributed by atoms with Crippen LogP contribution in [0.3, 0.4) is 0 Å². The number of carbonyl (C=O) groups excluding carboxylic acids is 1. The van der Waals surface area contributed by atoms with Crippen molar-refractivity contribution >= 4 is 11.6 Å². The Hall–Kier alpha value is -2.32. The number of amides is 1. The molecule has 20 heavy (non-hydrogen) atoms. The summed E-state index contributed by atoms with van der Waals surface area (Å²) in [6.45, 7) is 1.88. The summed E-state index contributed by atoms with van der Waals surface area (Å²) < 4.78 is 5.76. The van der Waals surface area contributed by atoms with E-state index in [9.17, 15) is 4.79 Å². The molecule has 1 saturated heterocycles. The summed E-state index contributed by atoms with van der Waals surface area (Å²) in [5, 5.41) is 11.7. The molecule has 1 N–H and O–H groups in total. The first-order valence-corrected chi connectivity index (χ1v) is 6.61. The van der Waals surface area contributed by atoms with Gasteiger partial charge in [-0.15, -0.1) is 0 Å². The SMILES string of the molecule is CN1CCC(=C2Oc3ccc(C#N)cc3NC2=O)CC1. The lowest BCUT2D eigenvalue weighted by Crippen LogP contribution is -2.31. The van der Waals surface area contributed by atoms with Gasteiger partial charge in [-0.05, 0) is 43.7 Å². The Morgan fingerprint density at radius 2 is 2.10 bits per heavy atom. The van der Waals surface area contributed by atoms with Crippen LogP contribution in [0.15, 0.2) is 29.5 Å². The van der Waals surface area contributed by atoms with E-state index in [1.165, 1.54) is 0 Å². The van der Waals surface area contributed by atoms with Gasteiger partial charge in [-0.25, -0.2) is 0 Å². The van der Waals surface area contributed by atoms with E-state index in [-0.39, 0.29) is 5.91 Å². The van der Waals surface area contributed by atoms with Crippen LogP contribution < -0.4 is 10.1 Å². The van der Waals surface area contributed by atoms with E-state index in [0.29, 0.717) is 22.8 Å². The van der Waals surface area contributed by atoms with Gasteiger partial charge in [0.25, 0.3) is 5.91 Å². The van der Waals surface area contributed by atoms with Crippen molar-refractivity contribution in [3.63, 3.8) is 0 Å². The number of hydrogen-bond acceptors (Lipinski definition) is 4. The van der Waals surface area contributed by atoms with Crippen LogP contribution in [0, 0.1) is 11.3 Å². The smallest absolute Gasteiger partial charge is 0.291 e. The Morgan fingerprint density at radius 3 is 2.80 bits per heavy atom. The highest BCUT2D eigenvalue weighted by atomic mass is 16.5. The highest BCUT2D eigenvalue weighted by molar-refractivity contribution is 6.06. The third-order valence-corrected chi connectivity index (χ3v) is 3.69. The van der Waals surface area contributed by atoms with Gasteiger partial charge in [0, 0.05) is 13.1 Å². The van der Waals surface area contributed by atoms with Crippen LogP contribution in [0.25, 0.3) is 0 Å². The Kier molecular flexibility index (Phi) is 3.17. The molecule has 1 amide bonds. The van der Waals surface area contributed by atoms with Crippen molar-refractivity contribution in [3.8, 4) is 11.8 Å². The number of carbonyl (C=O) groups is 1. The minimum atomic E-state index is -0.216. The van der Waals surface area contributed by atoms with Crippen molar-refractivity contribution in [2.75, 3.05) is 25.5 Å². The van der Waals surface area contributed by atoms with Crippen molar-refractivity contribution < 1.29 is 9.53 Å². The van der Waals surface area contributed by atoms with Gasteiger partial charge in [0.2, 0.25) is 0 Å². The largest absolute Gasteiger partial charge is 0.449 e. The topological polar surface area (TPSA) is 65.4 Å². The molecule has 5 nitrogen and oxygen atoms in total. The summed E-state index contributed by atoms with van der Waals surface area (Å²) in [5.74, 6) is 0.812. The predicted molar refractivity (Wildman–Crippen MR) is 74.2 cm³/mol. The maximum absolute atomic E-state index is 12.1. The summed E-state index contributed by atoms with van der Waals surface area (Å²) in [4.78, 5) is 14.4. The summed E-state index contributed by atoms with van der Waals surface area (Å²) >= 11 is 0. The fourth-order valence-corrected chi connectivity index (χ4v) is 2.47. The molecular weight excluding hydrogens is 254 g/mol. The number of ether oxygens (including phenoxy) is 1. The van der Waals surface area contributed by atoms with Gasteiger partial charge in [0.1, 0.15) is 0 Å². The Balaban J connectivity index is 1.92. The Bertz CT molecular complexity index is 633. The van der Waals surface area contributed by atoms with Crippen LogP contribution in [0.1, 0.15) is 18.4 Å². The molecule has 0 unspecified atom stereocenters. The number of benzene rings is 1. The molecule has 0 radical (unpaired) electrons. The molecule has 0 spiro atoms. The van der Waals surface area contributed by atoms with E-state index in [4.69, 9.17) is 10.00 Å². The maximum Gasteiger partial charge on any atom is 0.291 e. The molecule has 2 aliphatic rings. The zero-order chi connectivity index (χ0) is 14.1. The van der Waals surface area contributed by atoms with Crippen molar-refractivity contribution in [3.05, 3.63) is 35.1 Å². The van der Waals surface area contributed by atoms with E-state index in [0.717, 1.165) is 31.5 Å². The van der Waals surface area contributed by atoms with Crippen molar-refractivity contribution in [2.24, 2.45) is 0 Å². The second kappa shape index (κ2) is 4.99. The van der Waals surface area contributed by atoms with Crippen LogP contribution in [0.4, 0.5) is 5.69 Å². The third kappa shape index (κ3) is 2.26. The fourth-order valence-electron chi connectivity index (χ4n) is 2.47. The molecule has 2 heterocycles. The second-order valence-corrected chi connectivity index (χ2v) is 5.11. The molecule has 5 heteroatoms. The number of hydrogen-bond donors (Lipinski definition) is 1. The number of nitrogens with one attached hydrogen (secondary N) is 1. The van der Waals surface area contributed by atoms with Crippen molar-refractivity contribution in [1.82, 2.24) is 4.90 Å². The number of rotatable bonds is 0. The summed E-state index contributed by atoms with van der Waals surface area (Å²) in [5.41, 5.74) is 2.13. The molecule has 102 valence electrons. The second-order valence-electron chi connectivity index (χ2n) is 5.11. The molecule has 3 rings (SSSR count).